The van der Waals surface area contributed by atoms with Gasteiger partial charge in [-0.05, 0) is 69.0 Å². The maximum absolute atomic E-state index is 15.3. The highest BCUT2D eigenvalue weighted by molar-refractivity contribution is 6.30. The molecule has 1 fully saturated rings. The van der Waals surface area contributed by atoms with Crippen molar-refractivity contribution in [2.24, 2.45) is 5.73 Å². The third kappa shape index (κ3) is 10.9. The molecule has 1 aromatic heterocycles. The number of rotatable bonds is 11. The highest BCUT2D eigenvalue weighted by atomic mass is 35.5. The summed E-state index contributed by atoms with van der Waals surface area (Å²) < 4.78 is 80.2. The number of halogens is 5. The van der Waals surface area contributed by atoms with Gasteiger partial charge in [-0.15, -0.1) is 0 Å². The standard InChI is InChI=1S/C36H40ClF4N5O8/c1-35(2,3)54-34(49)46-15-24(50-16-23(46)17-51-33(48)44-18-36(39,40)41)9-10-25-26(38)13-43-14-27(25)45-32(47)31(42)30(20-4-7-22(37)8-5-20)21-6-11-28-29(12-21)53-19-52-28/h4-8,11-14,23-24,30-31H,9-10,15-19,42H2,1-3H3,(H,44,48)(H,45,47)/t23-,24+,30-,31-/m0/s1. The Balaban J connectivity index is 1.28. The van der Waals surface area contributed by atoms with Crippen molar-refractivity contribution < 1.29 is 55.6 Å². The SMILES string of the molecule is CC(C)(C)OC(=O)N1C[C@@H](CCc2c(F)cncc2NC(=O)[C@@H](N)[C@@H](c2ccc(Cl)cc2)c2ccc3c(c2)OCO3)OC[C@H]1COC(=O)NCC(F)(F)F. The minimum atomic E-state index is -4.64. The molecule has 4 N–H and O–H groups in total. The molecule has 3 aromatic rings. The molecule has 2 aromatic carbocycles. The summed E-state index contributed by atoms with van der Waals surface area (Å²) in [4.78, 5) is 44.0. The number of morpholine rings is 1. The molecular formula is C36H40ClF4N5O8. The molecule has 3 heterocycles. The number of benzene rings is 2. The lowest BCUT2D eigenvalue weighted by Crippen LogP contribution is -2.55. The van der Waals surface area contributed by atoms with E-state index in [4.69, 9.17) is 41.0 Å². The van der Waals surface area contributed by atoms with Crippen LogP contribution in [0.1, 0.15) is 49.8 Å². The first-order valence-corrected chi connectivity index (χ1v) is 17.3. The molecule has 2 aliphatic rings. The Labute approximate surface area is 313 Å². The van der Waals surface area contributed by atoms with Crippen molar-refractivity contribution in [2.75, 3.05) is 38.4 Å². The van der Waals surface area contributed by atoms with Gasteiger partial charge in [-0.2, -0.15) is 13.2 Å². The summed E-state index contributed by atoms with van der Waals surface area (Å²) in [6, 6.07) is 10.0. The number of nitrogens with one attached hydrogen (secondary N) is 2. The quantitative estimate of drug-likeness (QED) is 0.199. The zero-order valence-electron chi connectivity index (χ0n) is 29.6. The molecule has 0 bridgehead atoms. The topological polar surface area (TPSA) is 164 Å². The Morgan fingerprint density at radius 2 is 1.76 bits per heavy atom. The number of anilines is 1. The molecule has 0 aliphatic carbocycles. The highest BCUT2D eigenvalue weighted by Gasteiger charge is 2.37. The lowest BCUT2D eigenvalue weighted by Gasteiger charge is -2.39. The molecule has 4 atom stereocenters. The number of ether oxygens (including phenoxy) is 5. The Morgan fingerprint density at radius 3 is 2.46 bits per heavy atom. The van der Waals surface area contributed by atoms with E-state index in [2.05, 4.69) is 10.3 Å². The monoisotopic (exact) mass is 781 g/mol. The van der Waals surface area contributed by atoms with E-state index in [1.54, 1.807) is 68.6 Å². The Bertz CT molecular complexity index is 1810. The van der Waals surface area contributed by atoms with E-state index in [-0.39, 0.29) is 44.0 Å². The smallest absolute Gasteiger partial charge is 0.410 e. The lowest BCUT2D eigenvalue weighted by molar-refractivity contribution is -0.124. The average molecular weight is 782 g/mol. The number of hydrogen-bond acceptors (Lipinski definition) is 10. The number of pyridine rings is 1. The van der Waals surface area contributed by atoms with Gasteiger partial charge in [0.05, 0.1) is 49.4 Å². The fourth-order valence-corrected chi connectivity index (χ4v) is 6.02. The molecule has 3 amide bonds. The zero-order valence-corrected chi connectivity index (χ0v) is 30.3. The summed E-state index contributed by atoms with van der Waals surface area (Å²) in [5.41, 5.74) is 7.26. The number of alkyl halides is 3. The van der Waals surface area contributed by atoms with Crippen LogP contribution in [0.4, 0.5) is 32.8 Å². The second-order valence-electron chi connectivity index (χ2n) is 13.7. The number of alkyl carbamates (subject to hydrolysis) is 1. The third-order valence-electron chi connectivity index (χ3n) is 8.46. The van der Waals surface area contributed by atoms with Crippen LogP contribution < -0.4 is 25.8 Å². The Kier molecular flexibility index (Phi) is 12.7. The fourth-order valence-electron chi connectivity index (χ4n) is 5.89. The predicted molar refractivity (Wildman–Crippen MR) is 187 cm³/mol. The van der Waals surface area contributed by atoms with Crippen LogP contribution in [0.2, 0.25) is 5.02 Å². The largest absolute Gasteiger partial charge is 0.454 e. The van der Waals surface area contributed by atoms with Gasteiger partial charge >= 0.3 is 18.4 Å². The first-order valence-electron chi connectivity index (χ1n) is 16.9. The van der Waals surface area contributed by atoms with Crippen LogP contribution in [-0.4, -0.2) is 91.0 Å². The van der Waals surface area contributed by atoms with E-state index >= 15 is 4.39 Å². The molecule has 13 nitrogen and oxygen atoms in total. The summed E-state index contributed by atoms with van der Waals surface area (Å²) in [5, 5.41) is 4.82. The molecule has 54 heavy (non-hydrogen) atoms. The first kappa shape index (κ1) is 40.3. The molecule has 1 saturated heterocycles. The van der Waals surface area contributed by atoms with Crippen molar-refractivity contribution in [2.45, 2.75) is 69.5 Å². The minimum absolute atomic E-state index is 0.0236. The van der Waals surface area contributed by atoms with E-state index in [1.807, 2.05) is 0 Å². The lowest BCUT2D eigenvalue weighted by atomic mass is 9.84. The molecule has 18 heteroatoms. The van der Waals surface area contributed by atoms with Gasteiger partial charge in [-0.3, -0.25) is 14.7 Å². The number of carbonyl (C=O) groups excluding carboxylic acids is 3. The fraction of sp³-hybridized carbons (Fsp3) is 0.444. The van der Waals surface area contributed by atoms with E-state index in [1.165, 1.54) is 11.1 Å². The van der Waals surface area contributed by atoms with Gasteiger partial charge in [0.25, 0.3) is 0 Å². The third-order valence-corrected chi connectivity index (χ3v) is 8.71. The molecule has 2 aliphatic heterocycles. The molecule has 0 spiro atoms. The van der Waals surface area contributed by atoms with Crippen LogP contribution >= 0.6 is 11.6 Å². The predicted octanol–water partition coefficient (Wildman–Crippen LogP) is 5.93. The molecule has 292 valence electrons. The number of fused-ring (bicyclic) bond motifs is 1. The molecule has 0 unspecified atom stereocenters. The van der Waals surface area contributed by atoms with Gasteiger partial charge in [0.15, 0.2) is 11.5 Å². The molecular weight excluding hydrogens is 742 g/mol. The Morgan fingerprint density at radius 1 is 1.06 bits per heavy atom. The highest BCUT2D eigenvalue weighted by Crippen LogP contribution is 2.38. The van der Waals surface area contributed by atoms with Crippen LogP contribution in [-0.2, 0) is 25.4 Å². The zero-order chi connectivity index (χ0) is 39.2. The first-order chi connectivity index (χ1) is 25.5. The normalized spacial score (nSPS) is 18.1. The van der Waals surface area contributed by atoms with Crippen molar-refractivity contribution >= 4 is 35.4 Å². The van der Waals surface area contributed by atoms with E-state index in [0.717, 1.165) is 6.20 Å². The maximum Gasteiger partial charge on any atom is 0.410 e. The van der Waals surface area contributed by atoms with Gasteiger partial charge < -0.3 is 40.1 Å². The number of nitrogens with zero attached hydrogens (tertiary/aromatic N) is 2. The molecule has 5 rings (SSSR count). The average Bonchev–Trinajstić information content (AvgIpc) is 3.58. The number of carbonyl (C=O) groups is 3. The van der Waals surface area contributed by atoms with Crippen LogP contribution in [0.5, 0.6) is 11.5 Å². The van der Waals surface area contributed by atoms with Crippen molar-refractivity contribution in [1.82, 2.24) is 15.2 Å². The van der Waals surface area contributed by atoms with Crippen molar-refractivity contribution in [1.29, 1.82) is 0 Å². The van der Waals surface area contributed by atoms with Crippen molar-refractivity contribution in [3.05, 3.63) is 82.4 Å². The van der Waals surface area contributed by atoms with Gasteiger partial charge in [-0.25, -0.2) is 14.0 Å². The number of amides is 3. The number of nitrogens with two attached hydrogens (primary N) is 1. The van der Waals surface area contributed by atoms with E-state index in [9.17, 15) is 27.6 Å². The van der Waals surface area contributed by atoms with Gasteiger partial charge in [0.1, 0.15) is 24.6 Å². The van der Waals surface area contributed by atoms with Gasteiger partial charge in [-0.1, -0.05) is 29.8 Å². The van der Waals surface area contributed by atoms with E-state index < -0.39 is 72.9 Å². The summed E-state index contributed by atoms with van der Waals surface area (Å²) in [7, 11) is 0. The van der Waals surface area contributed by atoms with Crippen LogP contribution in [0.25, 0.3) is 0 Å². The van der Waals surface area contributed by atoms with Crippen LogP contribution in [0, 0.1) is 5.82 Å². The molecule has 0 radical (unpaired) electrons. The van der Waals surface area contributed by atoms with Crippen LogP contribution in [0.15, 0.2) is 54.9 Å². The summed E-state index contributed by atoms with van der Waals surface area (Å²) >= 11 is 6.14. The summed E-state index contributed by atoms with van der Waals surface area (Å²) in [5.74, 6) is -0.967. The minimum Gasteiger partial charge on any atom is -0.454 e. The van der Waals surface area contributed by atoms with Gasteiger partial charge in [0.2, 0.25) is 12.7 Å². The van der Waals surface area contributed by atoms with Crippen molar-refractivity contribution in [3.63, 3.8) is 0 Å². The van der Waals surface area contributed by atoms with E-state index in [0.29, 0.717) is 27.6 Å². The summed E-state index contributed by atoms with van der Waals surface area (Å²) in [6.45, 7) is 2.70. The second-order valence-corrected chi connectivity index (χ2v) is 14.1. The second kappa shape index (κ2) is 17.1. The maximum atomic E-state index is 15.3. The number of hydrogen-bond donors (Lipinski definition) is 3. The Hall–Kier alpha value is -4.87. The molecule has 0 saturated carbocycles. The van der Waals surface area contributed by atoms with Crippen molar-refractivity contribution in [3.8, 4) is 11.5 Å². The van der Waals surface area contributed by atoms with Gasteiger partial charge in [0, 0.05) is 16.5 Å². The summed E-state index contributed by atoms with van der Waals surface area (Å²) in [6.07, 6.45) is -4.93. The number of aromatic nitrogens is 1. The van der Waals surface area contributed by atoms with Crippen LogP contribution in [0.3, 0.4) is 0 Å².